The summed E-state index contributed by atoms with van der Waals surface area (Å²) in [5.41, 5.74) is 1.15. The van der Waals surface area contributed by atoms with Crippen molar-refractivity contribution in [2.45, 2.75) is 6.54 Å². The molecule has 102 valence electrons. The van der Waals surface area contributed by atoms with Gasteiger partial charge in [-0.3, -0.25) is 4.98 Å². The number of likely N-dealkylation sites (N-methyl/N-ethyl adjacent to an activating group) is 1. The smallest absolute Gasteiger partial charge is 0.148 e. The molecule has 1 heterocycles. The zero-order valence-electron chi connectivity index (χ0n) is 11.0. The van der Waals surface area contributed by atoms with Crippen LogP contribution in [0.1, 0.15) is 5.56 Å². The SMILES string of the molecule is CN(CCNCc1cccnc1)CCS(C)(=O)=O. The van der Waals surface area contributed by atoms with Crippen LogP contribution in [0.4, 0.5) is 0 Å². The molecule has 5 nitrogen and oxygen atoms in total. The van der Waals surface area contributed by atoms with E-state index in [0.717, 1.165) is 25.2 Å². The molecular weight excluding hydrogens is 250 g/mol. The molecule has 0 saturated heterocycles. The summed E-state index contributed by atoms with van der Waals surface area (Å²) in [6.07, 6.45) is 4.85. The molecule has 1 aromatic heterocycles. The van der Waals surface area contributed by atoms with E-state index >= 15 is 0 Å². The Morgan fingerprint density at radius 1 is 1.39 bits per heavy atom. The van der Waals surface area contributed by atoms with Crippen LogP contribution in [0.2, 0.25) is 0 Å². The summed E-state index contributed by atoms with van der Waals surface area (Å²) in [5, 5.41) is 3.30. The maximum Gasteiger partial charge on any atom is 0.148 e. The minimum Gasteiger partial charge on any atom is -0.311 e. The number of hydrogen-bond acceptors (Lipinski definition) is 5. The fraction of sp³-hybridized carbons (Fsp3) is 0.583. The third-order valence-corrected chi connectivity index (χ3v) is 3.49. The molecule has 0 amide bonds. The maximum atomic E-state index is 11.0. The van der Waals surface area contributed by atoms with Crippen molar-refractivity contribution in [1.29, 1.82) is 0 Å². The Morgan fingerprint density at radius 2 is 2.17 bits per heavy atom. The van der Waals surface area contributed by atoms with Gasteiger partial charge in [0.05, 0.1) is 5.75 Å². The molecule has 0 bridgehead atoms. The zero-order chi connectivity index (χ0) is 13.4. The highest BCUT2D eigenvalue weighted by Gasteiger charge is 2.04. The highest BCUT2D eigenvalue weighted by molar-refractivity contribution is 7.90. The molecule has 0 aliphatic rings. The van der Waals surface area contributed by atoms with Crippen LogP contribution in [0.25, 0.3) is 0 Å². The summed E-state index contributed by atoms with van der Waals surface area (Å²) in [5.74, 6) is 0.214. The first kappa shape index (κ1) is 15.1. The molecule has 1 N–H and O–H groups in total. The van der Waals surface area contributed by atoms with Crippen molar-refractivity contribution in [3.8, 4) is 0 Å². The normalized spacial score (nSPS) is 11.9. The van der Waals surface area contributed by atoms with Crippen molar-refractivity contribution in [2.24, 2.45) is 0 Å². The van der Waals surface area contributed by atoms with Crippen LogP contribution in [0.3, 0.4) is 0 Å². The molecule has 0 aromatic carbocycles. The summed E-state index contributed by atoms with van der Waals surface area (Å²) < 4.78 is 22.0. The van der Waals surface area contributed by atoms with Gasteiger partial charge in [-0.05, 0) is 18.7 Å². The van der Waals surface area contributed by atoms with Gasteiger partial charge in [-0.25, -0.2) is 8.42 Å². The average molecular weight is 271 g/mol. The first-order chi connectivity index (χ1) is 8.47. The molecule has 6 heteroatoms. The molecule has 1 rings (SSSR count). The Labute approximate surface area is 109 Å². The van der Waals surface area contributed by atoms with Gasteiger partial charge in [0.1, 0.15) is 9.84 Å². The summed E-state index contributed by atoms with van der Waals surface area (Å²) in [4.78, 5) is 6.05. The second-order valence-corrected chi connectivity index (χ2v) is 6.73. The second kappa shape index (κ2) is 7.45. The van der Waals surface area contributed by atoms with E-state index in [1.54, 1.807) is 6.20 Å². The first-order valence-corrected chi connectivity index (χ1v) is 7.99. The number of nitrogens with zero attached hydrogens (tertiary/aromatic N) is 2. The topological polar surface area (TPSA) is 62.3 Å². The van der Waals surface area contributed by atoms with Gasteiger partial charge in [-0.15, -0.1) is 0 Å². The van der Waals surface area contributed by atoms with Crippen molar-refractivity contribution >= 4 is 9.84 Å². The van der Waals surface area contributed by atoms with Crippen molar-refractivity contribution < 1.29 is 8.42 Å². The predicted molar refractivity (Wildman–Crippen MR) is 73.2 cm³/mol. The van der Waals surface area contributed by atoms with E-state index in [4.69, 9.17) is 0 Å². The minimum absolute atomic E-state index is 0.214. The highest BCUT2D eigenvalue weighted by atomic mass is 32.2. The van der Waals surface area contributed by atoms with Crippen LogP contribution in [-0.2, 0) is 16.4 Å². The van der Waals surface area contributed by atoms with E-state index in [2.05, 4.69) is 10.3 Å². The van der Waals surface area contributed by atoms with Crippen LogP contribution >= 0.6 is 0 Å². The molecule has 18 heavy (non-hydrogen) atoms. The fourth-order valence-electron chi connectivity index (χ4n) is 1.44. The number of rotatable bonds is 8. The van der Waals surface area contributed by atoms with Crippen molar-refractivity contribution in [2.75, 3.05) is 38.7 Å². The molecule has 0 aliphatic carbocycles. The average Bonchev–Trinajstić information content (AvgIpc) is 2.33. The van der Waals surface area contributed by atoms with Crippen LogP contribution in [0.5, 0.6) is 0 Å². The van der Waals surface area contributed by atoms with E-state index in [1.807, 2.05) is 30.3 Å². The van der Waals surface area contributed by atoms with E-state index in [9.17, 15) is 8.42 Å². The second-order valence-electron chi connectivity index (χ2n) is 4.47. The lowest BCUT2D eigenvalue weighted by molar-refractivity contribution is 0.349. The van der Waals surface area contributed by atoms with E-state index in [-0.39, 0.29) is 5.75 Å². The quantitative estimate of drug-likeness (QED) is 0.682. The predicted octanol–water partition coefficient (Wildman–Crippen LogP) is 0.148. The molecule has 0 aliphatic heterocycles. The molecule has 1 aromatic rings. The minimum atomic E-state index is -2.86. The van der Waals surface area contributed by atoms with E-state index in [0.29, 0.717) is 6.54 Å². The Kier molecular flexibility index (Phi) is 6.24. The fourth-order valence-corrected chi connectivity index (χ4v) is 2.08. The summed E-state index contributed by atoms with van der Waals surface area (Å²) in [6, 6.07) is 3.93. The Bertz CT molecular complexity index is 434. The first-order valence-electron chi connectivity index (χ1n) is 5.93. The molecule has 0 unspecified atom stereocenters. The van der Waals surface area contributed by atoms with Crippen LogP contribution < -0.4 is 5.32 Å². The summed E-state index contributed by atoms with van der Waals surface area (Å²) in [6.45, 7) is 3.02. The van der Waals surface area contributed by atoms with E-state index in [1.165, 1.54) is 6.26 Å². The third-order valence-electron chi connectivity index (χ3n) is 2.57. The van der Waals surface area contributed by atoms with Gasteiger partial charge >= 0.3 is 0 Å². The number of sulfone groups is 1. The van der Waals surface area contributed by atoms with Gasteiger partial charge < -0.3 is 10.2 Å². The lowest BCUT2D eigenvalue weighted by atomic mass is 10.3. The largest absolute Gasteiger partial charge is 0.311 e. The molecule has 0 atom stereocenters. The van der Waals surface area contributed by atoms with Gasteiger partial charge in [0.25, 0.3) is 0 Å². The standard InChI is InChI=1S/C12H21N3O2S/c1-15(8-9-18(2,16)17)7-6-14-11-12-4-3-5-13-10-12/h3-5,10,14H,6-9,11H2,1-2H3. The molecule has 0 saturated carbocycles. The molecule has 0 radical (unpaired) electrons. The van der Waals surface area contributed by atoms with Gasteiger partial charge in [0, 0.05) is 44.8 Å². The number of pyridine rings is 1. The number of aromatic nitrogens is 1. The number of nitrogens with one attached hydrogen (secondary N) is 1. The van der Waals surface area contributed by atoms with Crippen molar-refractivity contribution in [3.05, 3.63) is 30.1 Å². The van der Waals surface area contributed by atoms with Gasteiger partial charge in [0.15, 0.2) is 0 Å². The monoisotopic (exact) mass is 271 g/mol. The summed E-state index contributed by atoms with van der Waals surface area (Å²) >= 11 is 0. The highest BCUT2D eigenvalue weighted by Crippen LogP contribution is 1.94. The van der Waals surface area contributed by atoms with Gasteiger partial charge in [-0.2, -0.15) is 0 Å². The maximum absolute atomic E-state index is 11.0. The van der Waals surface area contributed by atoms with Gasteiger partial charge in [-0.1, -0.05) is 6.07 Å². The Balaban J connectivity index is 2.11. The van der Waals surface area contributed by atoms with Crippen molar-refractivity contribution in [1.82, 2.24) is 15.2 Å². The molecule has 0 fully saturated rings. The van der Waals surface area contributed by atoms with E-state index < -0.39 is 9.84 Å². The summed E-state index contributed by atoms with van der Waals surface area (Å²) in [7, 11) is -0.936. The van der Waals surface area contributed by atoms with Crippen LogP contribution in [0, 0.1) is 0 Å². The Morgan fingerprint density at radius 3 is 2.78 bits per heavy atom. The lowest BCUT2D eigenvalue weighted by Crippen LogP contribution is -2.32. The van der Waals surface area contributed by atoms with Crippen LogP contribution in [0.15, 0.2) is 24.5 Å². The third kappa shape index (κ3) is 7.37. The Hall–Kier alpha value is -0.980. The number of hydrogen-bond donors (Lipinski definition) is 1. The zero-order valence-corrected chi connectivity index (χ0v) is 11.8. The van der Waals surface area contributed by atoms with Crippen molar-refractivity contribution in [3.63, 3.8) is 0 Å². The molecule has 0 spiro atoms. The van der Waals surface area contributed by atoms with Gasteiger partial charge in [0.2, 0.25) is 0 Å². The lowest BCUT2D eigenvalue weighted by Gasteiger charge is -2.16. The van der Waals surface area contributed by atoms with Crippen LogP contribution in [-0.4, -0.2) is 57.0 Å². The molecular formula is C12H21N3O2S.